The predicted octanol–water partition coefficient (Wildman–Crippen LogP) is 1.49. The van der Waals surface area contributed by atoms with Crippen LogP contribution in [0.25, 0.3) is 0 Å². The number of nitrogens with zero attached hydrogens (tertiary/aromatic N) is 1. The van der Waals surface area contributed by atoms with Gasteiger partial charge in [0, 0.05) is 25.6 Å². The summed E-state index contributed by atoms with van der Waals surface area (Å²) in [5.74, 6) is 0.168. The van der Waals surface area contributed by atoms with Crippen LogP contribution < -0.4 is 5.32 Å². The van der Waals surface area contributed by atoms with Gasteiger partial charge in [0.25, 0.3) is 0 Å². The largest absolute Gasteiger partial charge is 0.294 e. The van der Waals surface area contributed by atoms with Gasteiger partial charge in [-0.3, -0.25) is 4.79 Å². The van der Waals surface area contributed by atoms with Gasteiger partial charge in [-0.1, -0.05) is 30.3 Å². The van der Waals surface area contributed by atoms with Crippen molar-refractivity contribution in [3.63, 3.8) is 0 Å². The molecule has 0 bridgehead atoms. The van der Waals surface area contributed by atoms with Crippen LogP contribution in [0.15, 0.2) is 30.3 Å². The highest BCUT2D eigenvalue weighted by Gasteiger charge is 2.02. The van der Waals surface area contributed by atoms with Crippen LogP contribution in [0.5, 0.6) is 0 Å². The Hall–Kier alpha value is -1.15. The summed E-state index contributed by atoms with van der Waals surface area (Å²) in [7, 11) is 1.72. The van der Waals surface area contributed by atoms with Gasteiger partial charge in [0.05, 0.1) is 0 Å². The summed E-state index contributed by atoms with van der Waals surface area (Å²) in [6, 6.07) is 9.31. The number of rotatable bonds is 4. The standard InChI is InChI=1S/C10H12NO/c1-11-8-7-10(12)9-5-3-2-4-6-9/h2-6H,7-8H2,1H3. The minimum atomic E-state index is 0.168. The molecule has 0 heterocycles. The quantitative estimate of drug-likeness (QED) is 0.617. The maximum atomic E-state index is 11.3. The van der Waals surface area contributed by atoms with E-state index >= 15 is 0 Å². The van der Waals surface area contributed by atoms with E-state index in [9.17, 15) is 4.79 Å². The van der Waals surface area contributed by atoms with Gasteiger partial charge in [0.15, 0.2) is 5.78 Å². The highest BCUT2D eigenvalue weighted by Crippen LogP contribution is 2.01. The molecule has 1 radical (unpaired) electrons. The molecule has 0 aliphatic carbocycles. The Bertz CT molecular complexity index is 243. The van der Waals surface area contributed by atoms with Crippen LogP contribution >= 0.6 is 0 Å². The van der Waals surface area contributed by atoms with Gasteiger partial charge in [-0.25, -0.2) is 5.32 Å². The molecule has 1 aromatic rings. The summed E-state index contributed by atoms with van der Waals surface area (Å²) in [5.41, 5.74) is 0.779. The van der Waals surface area contributed by atoms with Crippen molar-refractivity contribution in [1.82, 2.24) is 5.32 Å². The molecule has 0 N–H and O–H groups in total. The highest BCUT2D eigenvalue weighted by atomic mass is 16.1. The first kappa shape index (κ1) is 8.94. The molecular weight excluding hydrogens is 150 g/mol. The molecule has 2 nitrogen and oxygen atoms in total. The summed E-state index contributed by atoms with van der Waals surface area (Å²) >= 11 is 0. The summed E-state index contributed by atoms with van der Waals surface area (Å²) in [6.45, 7) is 0.619. The average Bonchev–Trinajstić information content (AvgIpc) is 2.15. The van der Waals surface area contributed by atoms with Crippen LogP contribution in [0.3, 0.4) is 0 Å². The zero-order valence-corrected chi connectivity index (χ0v) is 7.16. The molecule has 0 amide bonds. The molecular formula is C10H12NO. The Morgan fingerprint density at radius 3 is 2.58 bits per heavy atom. The maximum Gasteiger partial charge on any atom is 0.164 e. The molecule has 0 aliphatic rings. The summed E-state index contributed by atoms with van der Waals surface area (Å²) in [5, 5.41) is 3.88. The van der Waals surface area contributed by atoms with Crippen molar-refractivity contribution in [3.8, 4) is 0 Å². The van der Waals surface area contributed by atoms with E-state index in [0.29, 0.717) is 13.0 Å². The van der Waals surface area contributed by atoms with Gasteiger partial charge in [-0.15, -0.1) is 0 Å². The van der Waals surface area contributed by atoms with E-state index in [1.807, 2.05) is 30.3 Å². The van der Waals surface area contributed by atoms with Crippen LogP contribution in [0.1, 0.15) is 16.8 Å². The van der Waals surface area contributed by atoms with Crippen molar-refractivity contribution >= 4 is 5.78 Å². The molecule has 0 saturated heterocycles. The minimum Gasteiger partial charge on any atom is -0.294 e. The monoisotopic (exact) mass is 162 g/mol. The van der Waals surface area contributed by atoms with E-state index < -0.39 is 0 Å². The predicted molar refractivity (Wildman–Crippen MR) is 48.3 cm³/mol. The fourth-order valence-corrected chi connectivity index (χ4v) is 0.982. The normalized spacial score (nSPS) is 9.75. The molecule has 0 unspecified atom stereocenters. The topological polar surface area (TPSA) is 31.2 Å². The van der Waals surface area contributed by atoms with Gasteiger partial charge < -0.3 is 0 Å². The van der Waals surface area contributed by atoms with Crippen LogP contribution in [0.2, 0.25) is 0 Å². The lowest BCUT2D eigenvalue weighted by Gasteiger charge is -1.97. The number of ketones is 1. The molecule has 63 valence electrons. The van der Waals surface area contributed by atoms with Gasteiger partial charge in [0.1, 0.15) is 0 Å². The Labute approximate surface area is 72.6 Å². The van der Waals surface area contributed by atoms with Gasteiger partial charge >= 0.3 is 0 Å². The number of carbonyl (C=O) groups excluding carboxylic acids is 1. The third-order valence-electron chi connectivity index (χ3n) is 1.66. The summed E-state index contributed by atoms with van der Waals surface area (Å²) < 4.78 is 0. The number of hydrogen-bond donors (Lipinski definition) is 0. The van der Waals surface area contributed by atoms with E-state index in [4.69, 9.17) is 0 Å². The molecule has 0 aliphatic heterocycles. The first-order chi connectivity index (χ1) is 5.84. The lowest BCUT2D eigenvalue weighted by Crippen LogP contribution is -2.07. The SMILES string of the molecule is C[N]CCC(=O)c1ccccc1. The molecule has 0 aromatic heterocycles. The van der Waals surface area contributed by atoms with Crippen LogP contribution in [-0.2, 0) is 0 Å². The molecule has 0 spiro atoms. The third kappa shape index (κ3) is 2.47. The number of benzene rings is 1. The zero-order valence-electron chi connectivity index (χ0n) is 7.16. The second kappa shape index (κ2) is 4.67. The molecule has 2 heteroatoms. The first-order valence-corrected chi connectivity index (χ1v) is 3.98. The van der Waals surface area contributed by atoms with E-state index in [0.717, 1.165) is 5.56 Å². The molecule has 0 atom stereocenters. The Morgan fingerprint density at radius 2 is 2.00 bits per heavy atom. The van der Waals surface area contributed by atoms with Crippen molar-refractivity contribution in [3.05, 3.63) is 35.9 Å². The van der Waals surface area contributed by atoms with Crippen molar-refractivity contribution in [2.45, 2.75) is 6.42 Å². The number of carbonyl (C=O) groups is 1. The number of hydrogen-bond acceptors (Lipinski definition) is 1. The lowest BCUT2D eigenvalue weighted by molar-refractivity contribution is 0.0983. The van der Waals surface area contributed by atoms with Gasteiger partial charge in [0.2, 0.25) is 0 Å². The number of Topliss-reactive ketones (excluding diaryl/α,β-unsaturated/α-hetero) is 1. The average molecular weight is 162 g/mol. The minimum absolute atomic E-state index is 0.168. The molecule has 1 rings (SSSR count). The second-order valence-corrected chi connectivity index (χ2v) is 2.58. The summed E-state index contributed by atoms with van der Waals surface area (Å²) in [4.78, 5) is 11.3. The highest BCUT2D eigenvalue weighted by molar-refractivity contribution is 5.96. The molecule has 0 saturated carbocycles. The van der Waals surface area contributed by atoms with Crippen LogP contribution in [0.4, 0.5) is 0 Å². The third-order valence-corrected chi connectivity index (χ3v) is 1.66. The lowest BCUT2D eigenvalue weighted by atomic mass is 10.1. The molecule has 1 aromatic carbocycles. The van der Waals surface area contributed by atoms with E-state index in [-0.39, 0.29) is 5.78 Å². The maximum absolute atomic E-state index is 11.3. The van der Waals surface area contributed by atoms with E-state index in [2.05, 4.69) is 5.32 Å². The fraction of sp³-hybridized carbons (Fsp3) is 0.300. The molecule has 12 heavy (non-hydrogen) atoms. The van der Waals surface area contributed by atoms with Gasteiger partial charge in [-0.2, -0.15) is 0 Å². The second-order valence-electron chi connectivity index (χ2n) is 2.58. The zero-order chi connectivity index (χ0) is 8.81. The van der Waals surface area contributed by atoms with Crippen molar-refractivity contribution < 1.29 is 4.79 Å². The first-order valence-electron chi connectivity index (χ1n) is 3.98. The summed E-state index contributed by atoms with van der Waals surface area (Å²) in [6.07, 6.45) is 0.514. The smallest absolute Gasteiger partial charge is 0.164 e. The van der Waals surface area contributed by atoms with Gasteiger partial charge in [-0.05, 0) is 0 Å². The van der Waals surface area contributed by atoms with Crippen molar-refractivity contribution in [2.75, 3.05) is 13.6 Å². The van der Waals surface area contributed by atoms with Crippen LogP contribution in [-0.4, -0.2) is 19.4 Å². The fourth-order valence-electron chi connectivity index (χ4n) is 0.982. The van der Waals surface area contributed by atoms with E-state index in [1.54, 1.807) is 7.05 Å². The van der Waals surface area contributed by atoms with Crippen molar-refractivity contribution in [2.24, 2.45) is 0 Å². The van der Waals surface area contributed by atoms with Crippen LogP contribution in [0, 0.1) is 0 Å². The Kier molecular flexibility index (Phi) is 3.48. The Morgan fingerprint density at radius 1 is 1.33 bits per heavy atom. The molecule has 0 fully saturated rings. The van der Waals surface area contributed by atoms with Crippen molar-refractivity contribution in [1.29, 1.82) is 0 Å². The Balaban J connectivity index is 2.54. The van der Waals surface area contributed by atoms with E-state index in [1.165, 1.54) is 0 Å².